The fraction of sp³-hybridized carbons (Fsp3) is 0.467. The molecule has 2 amide bonds. The second kappa shape index (κ2) is 7.53. The summed E-state index contributed by atoms with van der Waals surface area (Å²) in [4.78, 5) is 24.0. The molecule has 110 valence electrons. The summed E-state index contributed by atoms with van der Waals surface area (Å²) >= 11 is 0. The molecule has 0 saturated carbocycles. The maximum absolute atomic E-state index is 11.6. The lowest BCUT2D eigenvalue weighted by atomic mass is 10.1. The van der Waals surface area contributed by atoms with Gasteiger partial charge in [0.1, 0.15) is 5.75 Å². The van der Waals surface area contributed by atoms with Gasteiger partial charge in [0.15, 0.2) is 0 Å². The number of benzene rings is 1. The molecule has 0 fully saturated rings. The van der Waals surface area contributed by atoms with Gasteiger partial charge >= 0.3 is 0 Å². The van der Waals surface area contributed by atoms with E-state index in [2.05, 4.69) is 5.32 Å². The van der Waals surface area contributed by atoms with E-state index in [1.165, 1.54) is 17.4 Å². The molecule has 0 aliphatic heterocycles. The first-order chi connectivity index (χ1) is 9.43. The highest BCUT2D eigenvalue weighted by Gasteiger charge is 2.08. The Balaban J connectivity index is 2.41. The van der Waals surface area contributed by atoms with Crippen LogP contribution in [0.3, 0.4) is 0 Å². The Morgan fingerprint density at radius 3 is 2.60 bits per heavy atom. The van der Waals surface area contributed by atoms with Gasteiger partial charge in [-0.1, -0.05) is 6.07 Å². The van der Waals surface area contributed by atoms with E-state index < -0.39 is 0 Å². The summed E-state index contributed by atoms with van der Waals surface area (Å²) in [6.07, 6.45) is 0.755. The van der Waals surface area contributed by atoms with Crippen LogP contribution in [0.25, 0.3) is 0 Å². The van der Waals surface area contributed by atoms with E-state index in [1.54, 1.807) is 14.2 Å². The summed E-state index contributed by atoms with van der Waals surface area (Å²) in [5.74, 6) is 0.568. The van der Waals surface area contributed by atoms with Gasteiger partial charge in [-0.25, -0.2) is 0 Å². The van der Waals surface area contributed by atoms with Gasteiger partial charge in [0.2, 0.25) is 11.8 Å². The molecule has 0 spiro atoms. The first-order valence-electron chi connectivity index (χ1n) is 6.56. The quantitative estimate of drug-likeness (QED) is 0.849. The molecule has 0 bridgehead atoms. The predicted octanol–water partition coefficient (Wildman–Crippen LogP) is 1.14. The van der Waals surface area contributed by atoms with Crippen molar-refractivity contribution in [2.45, 2.75) is 20.3 Å². The summed E-state index contributed by atoms with van der Waals surface area (Å²) in [5, 5.41) is 2.81. The Morgan fingerprint density at radius 1 is 1.35 bits per heavy atom. The molecule has 0 unspecified atom stereocenters. The average molecular weight is 278 g/mol. The minimum absolute atomic E-state index is 0.0942. The van der Waals surface area contributed by atoms with Crippen molar-refractivity contribution in [3.63, 3.8) is 0 Å². The smallest absolute Gasteiger partial charge is 0.239 e. The number of amides is 2. The number of carbonyl (C=O) groups is 2. The number of hydrogen-bond donors (Lipinski definition) is 1. The van der Waals surface area contributed by atoms with Crippen LogP contribution in [-0.2, 0) is 16.0 Å². The molecular formula is C15H22N2O3. The van der Waals surface area contributed by atoms with Gasteiger partial charge in [-0.3, -0.25) is 9.59 Å². The van der Waals surface area contributed by atoms with E-state index in [0.717, 1.165) is 17.7 Å². The zero-order valence-electron chi connectivity index (χ0n) is 12.5. The zero-order chi connectivity index (χ0) is 15.1. The number of aryl methyl sites for hydroxylation is 1. The largest absolute Gasteiger partial charge is 0.497 e. The zero-order valence-corrected chi connectivity index (χ0v) is 12.5. The molecule has 5 heteroatoms. The van der Waals surface area contributed by atoms with Gasteiger partial charge in [0.25, 0.3) is 0 Å². The van der Waals surface area contributed by atoms with Gasteiger partial charge in [-0.05, 0) is 36.6 Å². The van der Waals surface area contributed by atoms with Gasteiger partial charge in [0.05, 0.1) is 13.7 Å². The van der Waals surface area contributed by atoms with Crippen molar-refractivity contribution < 1.29 is 14.3 Å². The number of ether oxygens (including phenoxy) is 1. The SMILES string of the molecule is COc1ccc(CCNC(=O)CN(C)C(C)=O)c(C)c1. The molecule has 0 saturated heterocycles. The average Bonchev–Trinajstić information content (AvgIpc) is 2.40. The van der Waals surface area contributed by atoms with Crippen molar-refractivity contribution in [2.24, 2.45) is 0 Å². The van der Waals surface area contributed by atoms with Gasteiger partial charge in [0, 0.05) is 20.5 Å². The fourth-order valence-electron chi connectivity index (χ4n) is 1.80. The molecule has 1 aromatic carbocycles. The fourth-order valence-corrected chi connectivity index (χ4v) is 1.80. The summed E-state index contributed by atoms with van der Waals surface area (Å²) in [5.41, 5.74) is 2.31. The number of likely N-dealkylation sites (N-methyl/N-ethyl adjacent to an activating group) is 1. The minimum Gasteiger partial charge on any atom is -0.497 e. The Labute approximate surface area is 119 Å². The van der Waals surface area contributed by atoms with Crippen LogP contribution in [0.5, 0.6) is 5.75 Å². The van der Waals surface area contributed by atoms with Crippen molar-refractivity contribution in [1.82, 2.24) is 10.2 Å². The molecule has 0 heterocycles. The van der Waals surface area contributed by atoms with Crippen LogP contribution >= 0.6 is 0 Å². The molecule has 0 aliphatic carbocycles. The van der Waals surface area contributed by atoms with E-state index in [4.69, 9.17) is 4.74 Å². The molecule has 0 aromatic heterocycles. The third kappa shape index (κ3) is 4.91. The number of nitrogens with zero attached hydrogens (tertiary/aromatic N) is 1. The molecule has 20 heavy (non-hydrogen) atoms. The van der Waals surface area contributed by atoms with Gasteiger partial charge < -0.3 is 15.0 Å². The van der Waals surface area contributed by atoms with Crippen LogP contribution < -0.4 is 10.1 Å². The molecule has 1 rings (SSSR count). The van der Waals surface area contributed by atoms with Crippen molar-refractivity contribution in [2.75, 3.05) is 27.2 Å². The van der Waals surface area contributed by atoms with E-state index in [0.29, 0.717) is 6.54 Å². The highest BCUT2D eigenvalue weighted by molar-refractivity contribution is 5.83. The van der Waals surface area contributed by atoms with Gasteiger partial charge in [-0.15, -0.1) is 0 Å². The Morgan fingerprint density at radius 2 is 2.05 bits per heavy atom. The topological polar surface area (TPSA) is 58.6 Å². The summed E-state index contributed by atoms with van der Waals surface area (Å²) in [7, 11) is 3.25. The molecular weight excluding hydrogens is 256 g/mol. The summed E-state index contributed by atoms with van der Waals surface area (Å²) in [6, 6.07) is 5.89. The van der Waals surface area contributed by atoms with Crippen LogP contribution in [-0.4, -0.2) is 44.0 Å². The van der Waals surface area contributed by atoms with Crippen molar-refractivity contribution >= 4 is 11.8 Å². The molecule has 0 radical (unpaired) electrons. The highest BCUT2D eigenvalue weighted by atomic mass is 16.5. The number of hydrogen-bond acceptors (Lipinski definition) is 3. The van der Waals surface area contributed by atoms with Crippen molar-refractivity contribution in [3.05, 3.63) is 29.3 Å². The van der Waals surface area contributed by atoms with E-state index in [-0.39, 0.29) is 18.4 Å². The first-order valence-corrected chi connectivity index (χ1v) is 6.56. The Hall–Kier alpha value is -2.04. The van der Waals surface area contributed by atoms with E-state index >= 15 is 0 Å². The lowest BCUT2D eigenvalue weighted by Gasteiger charge is -2.14. The van der Waals surface area contributed by atoms with Crippen molar-refractivity contribution in [1.29, 1.82) is 0 Å². The van der Waals surface area contributed by atoms with Crippen LogP contribution in [0.1, 0.15) is 18.1 Å². The summed E-state index contributed by atoms with van der Waals surface area (Å²) < 4.78 is 5.15. The third-order valence-electron chi connectivity index (χ3n) is 3.18. The van der Waals surface area contributed by atoms with Crippen LogP contribution in [0, 0.1) is 6.92 Å². The minimum atomic E-state index is -0.145. The lowest BCUT2D eigenvalue weighted by molar-refractivity contribution is -0.133. The molecule has 5 nitrogen and oxygen atoms in total. The van der Waals surface area contributed by atoms with Gasteiger partial charge in [-0.2, -0.15) is 0 Å². The standard InChI is InChI=1S/C15H22N2O3/c1-11-9-14(20-4)6-5-13(11)7-8-16-15(19)10-17(3)12(2)18/h5-6,9H,7-8,10H2,1-4H3,(H,16,19). The molecule has 1 aromatic rings. The summed E-state index contributed by atoms with van der Waals surface area (Å²) in [6.45, 7) is 4.10. The van der Waals surface area contributed by atoms with Crippen LogP contribution in [0.4, 0.5) is 0 Å². The predicted molar refractivity (Wildman–Crippen MR) is 77.8 cm³/mol. The van der Waals surface area contributed by atoms with Crippen LogP contribution in [0.15, 0.2) is 18.2 Å². The number of rotatable bonds is 6. The van der Waals surface area contributed by atoms with E-state index in [1.807, 2.05) is 25.1 Å². The maximum atomic E-state index is 11.6. The third-order valence-corrected chi connectivity index (χ3v) is 3.18. The van der Waals surface area contributed by atoms with E-state index in [9.17, 15) is 9.59 Å². The normalized spacial score (nSPS) is 10.0. The Kier molecular flexibility index (Phi) is 6.03. The molecule has 0 aliphatic rings. The van der Waals surface area contributed by atoms with Crippen molar-refractivity contribution in [3.8, 4) is 5.75 Å². The molecule has 1 N–H and O–H groups in total. The lowest BCUT2D eigenvalue weighted by Crippen LogP contribution is -2.38. The van der Waals surface area contributed by atoms with Crippen LogP contribution in [0.2, 0.25) is 0 Å². The highest BCUT2D eigenvalue weighted by Crippen LogP contribution is 2.16. The second-order valence-electron chi connectivity index (χ2n) is 4.77. The maximum Gasteiger partial charge on any atom is 0.239 e. The number of carbonyl (C=O) groups excluding carboxylic acids is 2. The number of methoxy groups -OCH3 is 1. The monoisotopic (exact) mass is 278 g/mol. The second-order valence-corrected chi connectivity index (χ2v) is 4.77. The first kappa shape index (κ1) is 16.0. The number of nitrogens with one attached hydrogen (secondary N) is 1. The Bertz CT molecular complexity index is 486. The molecule has 0 atom stereocenters.